The third kappa shape index (κ3) is 2.53. The van der Waals surface area contributed by atoms with Gasteiger partial charge in [-0.3, -0.25) is 4.79 Å². The van der Waals surface area contributed by atoms with Crippen LogP contribution in [0.4, 0.5) is 5.69 Å². The number of carboxylic acids is 1. The van der Waals surface area contributed by atoms with Crippen LogP contribution < -0.4 is 5.73 Å². The van der Waals surface area contributed by atoms with E-state index >= 15 is 0 Å². The van der Waals surface area contributed by atoms with Crippen molar-refractivity contribution >= 4 is 34.9 Å². The van der Waals surface area contributed by atoms with E-state index in [0.29, 0.717) is 47.2 Å². The molecular weight excluding hydrogens is 287 g/mol. The van der Waals surface area contributed by atoms with Gasteiger partial charge >= 0.3 is 5.97 Å². The molecule has 1 fully saturated rings. The first kappa shape index (κ1) is 14.4. The molecule has 0 aromatic heterocycles. The molecular formula is C13H16Cl2N2O2. The summed E-state index contributed by atoms with van der Waals surface area (Å²) < 4.78 is 0. The van der Waals surface area contributed by atoms with Gasteiger partial charge in [0.2, 0.25) is 0 Å². The maximum Gasteiger partial charge on any atom is 0.314 e. The molecule has 104 valence electrons. The summed E-state index contributed by atoms with van der Waals surface area (Å²) in [6.07, 6.45) is 0.999. The average molecular weight is 303 g/mol. The Morgan fingerprint density at radius 3 is 2.47 bits per heavy atom. The smallest absolute Gasteiger partial charge is 0.314 e. The number of aliphatic carboxylic acids is 1. The Bertz CT molecular complexity index is 512. The number of anilines is 1. The van der Waals surface area contributed by atoms with E-state index < -0.39 is 11.4 Å². The number of piperidine rings is 1. The molecule has 1 aliphatic heterocycles. The number of nitrogen functional groups attached to an aromatic ring is 1. The zero-order valence-electron chi connectivity index (χ0n) is 10.6. The Balaban J connectivity index is 2.54. The molecule has 2 rings (SSSR count). The SMILES string of the molecule is CN1CCC(C(=O)O)(c2cc(Cl)cc(Cl)c2N)CC1. The van der Waals surface area contributed by atoms with E-state index in [-0.39, 0.29) is 0 Å². The van der Waals surface area contributed by atoms with Crippen LogP contribution in [0, 0.1) is 0 Å². The van der Waals surface area contributed by atoms with Crippen LogP contribution in [0.25, 0.3) is 0 Å². The molecule has 1 aromatic carbocycles. The van der Waals surface area contributed by atoms with Gasteiger partial charge in [0.1, 0.15) is 0 Å². The van der Waals surface area contributed by atoms with Crippen LogP contribution in [-0.4, -0.2) is 36.1 Å². The molecule has 0 amide bonds. The highest BCUT2D eigenvalue weighted by molar-refractivity contribution is 6.36. The third-order valence-electron chi connectivity index (χ3n) is 3.86. The van der Waals surface area contributed by atoms with Gasteiger partial charge < -0.3 is 15.7 Å². The zero-order chi connectivity index (χ0) is 14.2. The summed E-state index contributed by atoms with van der Waals surface area (Å²) in [6.45, 7) is 1.41. The van der Waals surface area contributed by atoms with Gasteiger partial charge in [-0.25, -0.2) is 0 Å². The van der Waals surface area contributed by atoms with Crippen molar-refractivity contribution in [2.24, 2.45) is 0 Å². The lowest BCUT2D eigenvalue weighted by atomic mass is 9.72. The first-order chi connectivity index (χ1) is 8.86. The van der Waals surface area contributed by atoms with Crippen LogP contribution in [0.2, 0.25) is 10.0 Å². The van der Waals surface area contributed by atoms with E-state index in [1.807, 2.05) is 7.05 Å². The topological polar surface area (TPSA) is 66.6 Å². The van der Waals surface area contributed by atoms with Gasteiger partial charge in [-0.15, -0.1) is 0 Å². The molecule has 1 aromatic rings. The lowest BCUT2D eigenvalue weighted by molar-refractivity contribution is -0.145. The second-order valence-corrected chi connectivity index (χ2v) is 5.88. The first-order valence-electron chi connectivity index (χ1n) is 6.04. The summed E-state index contributed by atoms with van der Waals surface area (Å²) >= 11 is 12.0. The van der Waals surface area contributed by atoms with Crippen molar-refractivity contribution in [1.82, 2.24) is 4.90 Å². The largest absolute Gasteiger partial charge is 0.481 e. The van der Waals surface area contributed by atoms with Gasteiger partial charge in [-0.2, -0.15) is 0 Å². The fourth-order valence-corrected chi connectivity index (χ4v) is 3.07. The molecule has 0 spiro atoms. The standard InChI is InChI=1S/C13H16Cl2N2O2/c1-17-4-2-13(3-5-17,12(18)19)9-6-8(14)7-10(15)11(9)16/h6-7H,2-5,16H2,1H3,(H,18,19). The summed E-state index contributed by atoms with van der Waals surface area (Å²) in [5.41, 5.74) is 5.83. The molecule has 6 heteroatoms. The second-order valence-electron chi connectivity index (χ2n) is 5.04. The second kappa shape index (κ2) is 5.19. The van der Waals surface area contributed by atoms with Crippen molar-refractivity contribution in [2.45, 2.75) is 18.3 Å². The summed E-state index contributed by atoms with van der Waals surface area (Å²) in [4.78, 5) is 13.9. The molecule has 0 aliphatic carbocycles. The lowest BCUT2D eigenvalue weighted by Crippen LogP contribution is -2.46. The summed E-state index contributed by atoms with van der Waals surface area (Å²) in [5, 5.41) is 10.4. The molecule has 0 saturated carbocycles. The molecule has 0 unspecified atom stereocenters. The van der Waals surface area contributed by atoms with Crippen molar-refractivity contribution in [3.63, 3.8) is 0 Å². The number of rotatable bonds is 2. The maximum absolute atomic E-state index is 11.8. The van der Waals surface area contributed by atoms with E-state index in [1.165, 1.54) is 6.07 Å². The molecule has 0 bridgehead atoms. The Morgan fingerprint density at radius 2 is 1.95 bits per heavy atom. The molecule has 3 N–H and O–H groups in total. The summed E-state index contributed by atoms with van der Waals surface area (Å²) in [6, 6.07) is 3.16. The lowest BCUT2D eigenvalue weighted by Gasteiger charge is -2.38. The molecule has 1 saturated heterocycles. The van der Waals surface area contributed by atoms with Crippen molar-refractivity contribution in [3.05, 3.63) is 27.7 Å². The van der Waals surface area contributed by atoms with Crippen molar-refractivity contribution < 1.29 is 9.90 Å². The van der Waals surface area contributed by atoms with Crippen LogP contribution in [0.5, 0.6) is 0 Å². The predicted octanol–water partition coefficient (Wildman–Crippen LogP) is 2.62. The molecule has 0 atom stereocenters. The van der Waals surface area contributed by atoms with Crippen molar-refractivity contribution in [1.29, 1.82) is 0 Å². The fourth-order valence-electron chi connectivity index (χ4n) is 2.58. The van der Waals surface area contributed by atoms with Gasteiger partial charge in [-0.1, -0.05) is 23.2 Å². The Labute approximate surface area is 122 Å². The predicted molar refractivity (Wildman–Crippen MR) is 76.9 cm³/mol. The molecule has 4 nitrogen and oxygen atoms in total. The van der Waals surface area contributed by atoms with Crippen molar-refractivity contribution in [3.8, 4) is 0 Å². The quantitative estimate of drug-likeness (QED) is 0.824. The fraction of sp³-hybridized carbons (Fsp3) is 0.462. The number of nitrogens with zero attached hydrogens (tertiary/aromatic N) is 1. The third-order valence-corrected chi connectivity index (χ3v) is 4.39. The molecule has 1 heterocycles. The molecule has 19 heavy (non-hydrogen) atoms. The van der Waals surface area contributed by atoms with Crippen LogP contribution in [0.1, 0.15) is 18.4 Å². The van der Waals surface area contributed by atoms with E-state index in [2.05, 4.69) is 4.90 Å². The number of hydrogen-bond donors (Lipinski definition) is 2. The Hall–Kier alpha value is -0.970. The zero-order valence-corrected chi connectivity index (χ0v) is 12.1. The Morgan fingerprint density at radius 1 is 1.37 bits per heavy atom. The first-order valence-corrected chi connectivity index (χ1v) is 6.79. The highest BCUT2D eigenvalue weighted by Gasteiger charge is 2.44. The minimum absolute atomic E-state index is 0.307. The molecule has 1 aliphatic rings. The Kier molecular flexibility index (Phi) is 3.95. The van der Waals surface area contributed by atoms with Crippen LogP contribution >= 0.6 is 23.2 Å². The van der Waals surface area contributed by atoms with E-state index in [1.54, 1.807) is 6.07 Å². The van der Waals surface area contributed by atoms with Crippen LogP contribution in [0.15, 0.2) is 12.1 Å². The number of nitrogens with two attached hydrogens (primary N) is 1. The number of likely N-dealkylation sites (tertiary alicyclic amines) is 1. The number of benzene rings is 1. The monoisotopic (exact) mass is 302 g/mol. The van der Waals surface area contributed by atoms with E-state index in [4.69, 9.17) is 28.9 Å². The van der Waals surface area contributed by atoms with Gasteiger partial charge in [0.15, 0.2) is 0 Å². The average Bonchev–Trinajstić information content (AvgIpc) is 2.35. The van der Waals surface area contributed by atoms with Crippen LogP contribution in [0.3, 0.4) is 0 Å². The maximum atomic E-state index is 11.8. The number of hydrogen-bond acceptors (Lipinski definition) is 3. The number of carbonyl (C=O) groups is 1. The van der Waals surface area contributed by atoms with E-state index in [0.717, 1.165) is 0 Å². The molecule has 0 radical (unpaired) electrons. The van der Waals surface area contributed by atoms with Gasteiger partial charge in [0.25, 0.3) is 0 Å². The highest BCUT2D eigenvalue weighted by atomic mass is 35.5. The van der Waals surface area contributed by atoms with Crippen molar-refractivity contribution in [2.75, 3.05) is 25.9 Å². The number of halogens is 2. The summed E-state index contributed by atoms with van der Waals surface area (Å²) in [7, 11) is 1.97. The minimum Gasteiger partial charge on any atom is -0.481 e. The van der Waals surface area contributed by atoms with Crippen LogP contribution in [-0.2, 0) is 10.2 Å². The normalized spacial score (nSPS) is 19.3. The van der Waals surface area contributed by atoms with Gasteiger partial charge in [0.05, 0.1) is 16.1 Å². The number of carboxylic acid groups (broad SMARTS) is 1. The van der Waals surface area contributed by atoms with Gasteiger partial charge in [-0.05, 0) is 50.7 Å². The van der Waals surface area contributed by atoms with Gasteiger partial charge in [0, 0.05) is 5.02 Å². The minimum atomic E-state index is -0.995. The highest BCUT2D eigenvalue weighted by Crippen LogP contribution is 2.42. The summed E-state index contributed by atoms with van der Waals surface area (Å²) in [5.74, 6) is -0.870. The van der Waals surface area contributed by atoms with E-state index in [9.17, 15) is 9.90 Å².